The fourth-order valence-electron chi connectivity index (χ4n) is 2.57. The summed E-state index contributed by atoms with van der Waals surface area (Å²) in [5.74, 6) is -0.269. The second-order valence-electron chi connectivity index (χ2n) is 5.32. The van der Waals surface area contributed by atoms with Crippen molar-refractivity contribution in [3.8, 4) is 0 Å². The summed E-state index contributed by atoms with van der Waals surface area (Å²) in [7, 11) is -8.15. The van der Waals surface area contributed by atoms with Gasteiger partial charge in [-0.1, -0.05) is 0 Å². The summed E-state index contributed by atoms with van der Waals surface area (Å²) in [6.07, 6.45) is 1.51. The molecular formula is C13H18NO6S2+. The Morgan fingerprint density at radius 3 is 2.41 bits per heavy atom. The van der Waals surface area contributed by atoms with Crippen molar-refractivity contribution in [2.24, 2.45) is 0 Å². The topological polar surface area (TPSA) is 112 Å². The van der Waals surface area contributed by atoms with Crippen molar-refractivity contribution >= 4 is 31.6 Å². The first-order chi connectivity index (χ1) is 10.1. The van der Waals surface area contributed by atoms with Gasteiger partial charge in [-0.05, 0) is 18.6 Å². The molecule has 2 N–H and O–H groups in total. The number of benzene rings is 1. The molecule has 7 nitrogen and oxygen atoms in total. The van der Waals surface area contributed by atoms with E-state index in [9.17, 15) is 16.8 Å². The molecule has 1 aromatic rings. The SMILES string of the molecule is CC1=[N+](CCCCS(=O)(=O)O)c2ccc(S(=O)(=O)O)cc2C1. The van der Waals surface area contributed by atoms with Crippen LogP contribution in [0.25, 0.3) is 0 Å². The van der Waals surface area contributed by atoms with E-state index in [4.69, 9.17) is 9.11 Å². The monoisotopic (exact) mass is 348 g/mol. The summed E-state index contributed by atoms with van der Waals surface area (Å²) in [5.41, 5.74) is 2.69. The van der Waals surface area contributed by atoms with Crippen LogP contribution in [0.1, 0.15) is 25.3 Å². The van der Waals surface area contributed by atoms with Crippen LogP contribution >= 0.6 is 0 Å². The lowest BCUT2D eigenvalue weighted by Crippen LogP contribution is -2.13. The number of hydrogen-bond donors (Lipinski definition) is 2. The Bertz CT molecular complexity index is 824. The van der Waals surface area contributed by atoms with Gasteiger partial charge in [-0.2, -0.15) is 21.4 Å². The molecule has 0 saturated heterocycles. The van der Waals surface area contributed by atoms with Gasteiger partial charge < -0.3 is 0 Å². The van der Waals surface area contributed by atoms with Gasteiger partial charge >= 0.3 is 0 Å². The molecule has 0 amide bonds. The van der Waals surface area contributed by atoms with Crippen molar-refractivity contribution in [1.82, 2.24) is 0 Å². The Hall–Kier alpha value is -1.29. The van der Waals surface area contributed by atoms with Gasteiger partial charge in [0.15, 0.2) is 5.71 Å². The van der Waals surface area contributed by atoms with Crippen molar-refractivity contribution in [3.05, 3.63) is 23.8 Å². The maximum atomic E-state index is 11.2. The van der Waals surface area contributed by atoms with Gasteiger partial charge in [0.2, 0.25) is 5.69 Å². The van der Waals surface area contributed by atoms with E-state index in [0.717, 1.165) is 17.0 Å². The van der Waals surface area contributed by atoms with Gasteiger partial charge in [-0.3, -0.25) is 9.11 Å². The molecule has 0 radical (unpaired) electrons. The molecule has 0 spiro atoms. The first-order valence-electron chi connectivity index (χ1n) is 6.73. The van der Waals surface area contributed by atoms with Crippen LogP contribution in [-0.2, 0) is 26.7 Å². The molecule has 122 valence electrons. The fourth-order valence-corrected chi connectivity index (χ4v) is 3.67. The highest BCUT2D eigenvalue weighted by molar-refractivity contribution is 7.86. The molecule has 0 aromatic heterocycles. The van der Waals surface area contributed by atoms with Crippen molar-refractivity contribution < 1.29 is 30.5 Å². The summed E-state index contributed by atoms with van der Waals surface area (Å²) in [6.45, 7) is 2.50. The predicted octanol–water partition coefficient (Wildman–Crippen LogP) is 1.26. The van der Waals surface area contributed by atoms with E-state index in [1.165, 1.54) is 12.1 Å². The van der Waals surface area contributed by atoms with Gasteiger partial charge in [0.25, 0.3) is 20.2 Å². The van der Waals surface area contributed by atoms with E-state index in [-0.39, 0.29) is 10.6 Å². The van der Waals surface area contributed by atoms with E-state index in [1.807, 2.05) is 11.5 Å². The van der Waals surface area contributed by atoms with Crippen LogP contribution in [0.2, 0.25) is 0 Å². The quantitative estimate of drug-likeness (QED) is 0.455. The van der Waals surface area contributed by atoms with Crippen LogP contribution in [0.5, 0.6) is 0 Å². The average molecular weight is 348 g/mol. The lowest BCUT2D eigenvalue weighted by Gasteiger charge is -2.03. The van der Waals surface area contributed by atoms with Gasteiger partial charge in [-0.25, -0.2) is 0 Å². The van der Waals surface area contributed by atoms with E-state index in [1.54, 1.807) is 6.07 Å². The third-order valence-corrected chi connectivity index (χ3v) is 5.23. The Morgan fingerprint density at radius 2 is 1.82 bits per heavy atom. The largest absolute Gasteiger partial charge is 0.294 e. The maximum Gasteiger partial charge on any atom is 0.294 e. The summed E-state index contributed by atoms with van der Waals surface area (Å²) >= 11 is 0. The molecule has 2 rings (SSSR count). The minimum Gasteiger partial charge on any atom is -0.286 e. The summed E-state index contributed by atoms with van der Waals surface area (Å²) in [4.78, 5) is -0.132. The highest BCUT2D eigenvalue weighted by Crippen LogP contribution is 2.29. The van der Waals surface area contributed by atoms with Gasteiger partial charge in [0.1, 0.15) is 6.54 Å². The zero-order valence-electron chi connectivity index (χ0n) is 12.1. The predicted molar refractivity (Wildman–Crippen MR) is 81.1 cm³/mol. The fraction of sp³-hybridized carbons (Fsp3) is 0.462. The highest BCUT2D eigenvalue weighted by atomic mass is 32.2. The van der Waals surface area contributed by atoms with Crippen LogP contribution in [0.15, 0.2) is 23.1 Å². The molecule has 0 fully saturated rings. The third kappa shape index (κ3) is 4.13. The van der Waals surface area contributed by atoms with Crippen molar-refractivity contribution in [1.29, 1.82) is 0 Å². The molecular weight excluding hydrogens is 330 g/mol. The van der Waals surface area contributed by atoms with E-state index in [0.29, 0.717) is 25.8 Å². The number of fused-ring (bicyclic) bond motifs is 1. The lowest BCUT2D eigenvalue weighted by atomic mass is 10.1. The van der Waals surface area contributed by atoms with Gasteiger partial charge in [0.05, 0.1) is 17.1 Å². The van der Waals surface area contributed by atoms with Crippen LogP contribution < -0.4 is 0 Å². The normalized spacial score (nSPS) is 15.2. The molecule has 0 bridgehead atoms. The first kappa shape index (κ1) is 17.1. The Balaban J connectivity index is 2.11. The number of nitrogens with zero attached hydrogens (tertiary/aromatic N) is 1. The van der Waals surface area contributed by atoms with Crippen molar-refractivity contribution in [2.75, 3.05) is 12.3 Å². The molecule has 0 aliphatic carbocycles. The molecule has 0 saturated carbocycles. The molecule has 0 unspecified atom stereocenters. The standard InChI is InChI=1S/C13H17NO6S2/c1-10-8-11-9-12(22(18,19)20)4-5-13(11)14(10)6-2-3-7-21(15,16)17/h4-5,9H,2-3,6-8H2,1H3,(H-,15,16,17,18,19,20)/p+1. The summed E-state index contributed by atoms with van der Waals surface area (Å²) in [5, 5.41) is 0. The smallest absolute Gasteiger partial charge is 0.286 e. The zero-order valence-corrected chi connectivity index (χ0v) is 13.7. The molecule has 1 aromatic carbocycles. The Kier molecular flexibility index (Phi) is 4.71. The lowest BCUT2D eigenvalue weighted by molar-refractivity contribution is -0.438. The Morgan fingerprint density at radius 1 is 1.14 bits per heavy atom. The van der Waals surface area contributed by atoms with Crippen LogP contribution in [-0.4, -0.2) is 48.5 Å². The second kappa shape index (κ2) is 6.07. The van der Waals surface area contributed by atoms with Gasteiger partial charge in [-0.15, -0.1) is 0 Å². The number of hydrogen-bond acceptors (Lipinski definition) is 4. The van der Waals surface area contributed by atoms with Crippen LogP contribution in [0.3, 0.4) is 0 Å². The second-order valence-corrected chi connectivity index (χ2v) is 8.32. The van der Waals surface area contributed by atoms with E-state index in [2.05, 4.69) is 0 Å². The minimum atomic E-state index is -4.22. The maximum absolute atomic E-state index is 11.2. The minimum absolute atomic E-state index is 0.132. The summed E-state index contributed by atoms with van der Waals surface area (Å²) in [6, 6.07) is 4.43. The van der Waals surface area contributed by atoms with Crippen molar-refractivity contribution in [3.63, 3.8) is 0 Å². The molecule has 9 heteroatoms. The van der Waals surface area contributed by atoms with Crippen molar-refractivity contribution in [2.45, 2.75) is 31.1 Å². The van der Waals surface area contributed by atoms with Crippen LogP contribution in [0.4, 0.5) is 5.69 Å². The highest BCUT2D eigenvalue weighted by Gasteiger charge is 2.28. The molecule has 0 atom stereocenters. The van der Waals surface area contributed by atoms with E-state index >= 15 is 0 Å². The van der Waals surface area contributed by atoms with Crippen LogP contribution in [0, 0.1) is 0 Å². The third-order valence-electron chi connectivity index (χ3n) is 3.58. The zero-order chi connectivity index (χ0) is 16.5. The average Bonchev–Trinajstić information content (AvgIpc) is 2.67. The summed E-state index contributed by atoms with van der Waals surface area (Å²) < 4.78 is 63.4. The molecule has 1 aliphatic rings. The molecule has 1 heterocycles. The van der Waals surface area contributed by atoms with Gasteiger partial charge in [0, 0.05) is 25.0 Å². The number of unbranched alkanes of at least 4 members (excludes halogenated alkanes) is 1. The molecule has 1 aliphatic heterocycles. The van der Waals surface area contributed by atoms with E-state index < -0.39 is 20.2 Å². The Labute approximate surface area is 129 Å². The molecule has 22 heavy (non-hydrogen) atoms. The first-order valence-corrected chi connectivity index (χ1v) is 9.78. The number of rotatable bonds is 6.